The fraction of sp³-hybridized carbons (Fsp3) is 0.133. The van der Waals surface area contributed by atoms with Crippen molar-refractivity contribution in [3.8, 4) is 5.75 Å². The standard InChI is InChI=1S/C15H11ClN2O2S2/c1-20-10-3-2-9(16)6-8(10)7-11-13(19)12(14(17)22-11)15-18-4-5-21-15/h2-7,12,17H,1H3/b11-7-,17-14?/t12-/m0/s1. The number of carbonyl (C=O) groups excluding carboxylic acids is 1. The summed E-state index contributed by atoms with van der Waals surface area (Å²) in [6, 6.07) is 5.22. The number of hydrogen-bond donors (Lipinski definition) is 1. The van der Waals surface area contributed by atoms with E-state index in [-0.39, 0.29) is 5.78 Å². The van der Waals surface area contributed by atoms with Gasteiger partial charge in [0.2, 0.25) is 0 Å². The van der Waals surface area contributed by atoms with Crippen LogP contribution < -0.4 is 4.74 Å². The first kappa shape index (κ1) is 15.3. The third kappa shape index (κ3) is 2.82. The molecule has 2 heterocycles. The molecule has 0 amide bonds. The number of Topliss-reactive ketones (excluding diaryl/α,β-unsaturated/α-hetero) is 1. The number of nitrogens with zero attached hydrogens (tertiary/aromatic N) is 1. The van der Waals surface area contributed by atoms with Gasteiger partial charge < -0.3 is 4.74 Å². The Labute approximate surface area is 140 Å². The Morgan fingerprint density at radius 3 is 2.95 bits per heavy atom. The highest BCUT2D eigenvalue weighted by Gasteiger charge is 2.38. The van der Waals surface area contributed by atoms with Gasteiger partial charge in [0.1, 0.15) is 16.7 Å². The van der Waals surface area contributed by atoms with E-state index in [9.17, 15) is 4.79 Å². The van der Waals surface area contributed by atoms with Crippen LogP contribution in [0.4, 0.5) is 0 Å². The predicted octanol–water partition coefficient (Wildman–Crippen LogP) is 4.22. The third-order valence-electron chi connectivity index (χ3n) is 3.16. The first-order valence-corrected chi connectivity index (χ1v) is 8.42. The minimum atomic E-state index is -0.582. The molecule has 22 heavy (non-hydrogen) atoms. The number of thiazole rings is 1. The summed E-state index contributed by atoms with van der Waals surface area (Å²) in [4.78, 5) is 17.2. The summed E-state index contributed by atoms with van der Waals surface area (Å²) < 4.78 is 5.28. The molecular formula is C15H11ClN2O2S2. The number of hydrogen-bond acceptors (Lipinski definition) is 6. The van der Waals surface area contributed by atoms with Crippen LogP contribution in [0.2, 0.25) is 5.02 Å². The van der Waals surface area contributed by atoms with Crippen LogP contribution in [0.1, 0.15) is 16.5 Å². The van der Waals surface area contributed by atoms with Gasteiger partial charge in [-0.3, -0.25) is 10.2 Å². The van der Waals surface area contributed by atoms with E-state index in [1.807, 2.05) is 5.38 Å². The van der Waals surface area contributed by atoms with Crippen molar-refractivity contribution in [1.82, 2.24) is 4.98 Å². The fourth-order valence-corrected chi connectivity index (χ4v) is 4.13. The third-order valence-corrected chi connectivity index (χ3v) is 5.23. The second-order valence-corrected chi connectivity index (χ2v) is 6.98. The van der Waals surface area contributed by atoms with Gasteiger partial charge in [0.25, 0.3) is 0 Å². The molecule has 1 aliphatic rings. The average molecular weight is 351 g/mol. The number of ketones is 1. The van der Waals surface area contributed by atoms with Gasteiger partial charge in [0.15, 0.2) is 5.78 Å². The molecule has 1 aromatic carbocycles. The monoisotopic (exact) mass is 350 g/mol. The number of aromatic nitrogens is 1. The molecule has 2 aromatic rings. The Morgan fingerprint density at radius 2 is 2.27 bits per heavy atom. The maximum absolute atomic E-state index is 12.6. The van der Waals surface area contributed by atoms with Gasteiger partial charge in [-0.2, -0.15) is 0 Å². The van der Waals surface area contributed by atoms with E-state index >= 15 is 0 Å². The summed E-state index contributed by atoms with van der Waals surface area (Å²) in [6.07, 6.45) is 3.37. The van der Waals surface area contributed by atoms with Gasteiger partial charge in [-0.1, -0.05) is 23.4 Å². The minimum absolute atomic E-state index is 0.105. The van der Waals surface area contributed by atoms with E-state index in [0.29, 0.717) is 25.7 Å². The molecule has 1 fully saturated rings. The van der Waals surface area contributed by atoms with Crippen LogP contribution in [0, 0.1) is 5.41 Å². The summed E-state index contributed by atoms with van der Waals surface area (Å²) >= 11 is 8.56. The van der Waals surface area contributed by atoms with Gasteiger partial charge >= 0.3 is 0 Å². The number of allylic oxidation sites excluding steroid dienone is 1. The van der Waals surface area contributed by atoms with Crippen LogP contribution in [-0.2, 0) is 4.79 Å². The zero-order chi connectivity index (χ0) is 15.7. The second kappa shape index (κ2) is 6.24. The summed E-state index contributed by atoms with van der Waals surface area (Å²) in [5.41, 5.74) is 0.721. The van der Waals surface area contributed by atoms with Crippen LogP contribution in [0.25, 0.3) is 6.08 Å². The van der Waals surface area contributed by atoms with Gasteiger partial charge in [-0.15, -0.1) is 11.3 Å². The molecular weight excluding hydrogens is 340 g/mol. The predicted molar refractivity (Wildman–Crippen MR) is 91.2 cm³/mol. The number of halogens is 1. The van der Waals surface area contributed by atoms with E-state index in [1.165, 1.54) is 11.3 Å². The van der Waals surface area contributed by atoms with Crippen LogP contribution in [0.15, 0.2) is 34.7 Å². The molecule has 7 heteroatoms. The quantitative estimate of drug-likeness (QED) is 0.842. The van der Waals surface area contributed by atoms with E-state index in [2.05, 4.69) is 4.98 Å². The number of ether oxygens (including phenoxy) is 1. The Kier molecular flexibility index (Phi) is 4.33. The van der Waals surface area contributed by atoms with Gasteiger partial charge in [0.05, 0.1) is 17.1 Å². The Bertz CT molecular complexity index is 772. The summed E-state index contributed by atoms with van der Waals surface area (Å²) in [5.74, 6) is -0.0528. The van der Waals surface area contributed by atoms with Crippen molar-refractivity contribution in [2.45, 2.75) is 5.92 Å². The van der Waals surface area contributed by atoms with Crippen molar-refractivity contribution in [2.75, 3.05) is 7.11 Å². The highest BCUT2D eigenvalue weighted by molar-refractivity contribution is 8.19. The molecule has 0 spiro atoms. The van der Waals surface area contributed by atoms with Crippen molar-refractivity contribution in [3.05, 3.63) is 50.3 Å². The number of rotatable bonds is 3. The number of benzene rings is 1. The molecule has 0 unspecified atom stereocenters. The van der Waals surface area contributed by atoms with Crippen molar-refractivity contribution in [2.24, 2.45) is 0 Å². The normalized spacial score (nSPS) is 19.9. The molecule has 0 saturated carbocycles. The highest BCUT2D eigenvalue weighted by atomic mass is 35.5. The van der Waals surface area contributed by atoms with Crippen LogP contribution in [0.3, 0.4) is 0 Å². The Morgan fingerprint density at radius 1 is 1.45 bits per heavy atom. The summed E-state index contributed by atoms with van der Waals surface area (Å²) in [6.45, 7) is 0. The van der Waals surface area contributed by atoms with Gasteiger partial charge in [-0.05, 0) is 24.3 Å². The van der Waals surface area contributed by atoms with Crippen molar-refractivity contribution >= 4 is 51.6 Å². The SMILES string of the molecule is COc1ccc(Cl)cc1/C=C1\SC(=N)[C@@H](c2nccs2)C1=O. The molecule has 0 bridgehead atoms. The number of carbonyl (C=O) groups is 1. The number of methoxy groups -OCH3 is 1. The molecule has 1 aliphatic heterocycles. The van der Waals surface area contributed by atoms with Crippen molar-refractivity contribution < 1.29 is 9.53 Å². The molecule has 1 atom stereocenters. The van der Waals surface area contributed by atoms with Crippen LogP contribution in [-0.4, -0.2) is 22.9 Å². The minimum Gasteiger partial charge on any atom is -0.496 e. The second-order valence-electron chi connectivity index (χ2n) is 4.53. The average Bonchev–Trinajstić information content (AvgIpc) is 3.08. The summed E-state index contributed by atoms with van der Waals surface area (Å²) in [5, 5.41) is 11.4. The molecule has 4 nitrogen and oxygen atoms in total. The van der Waals surface area contributed by atoms with E-state index in [1.54, 1.807) is 37.6 Å². The van der Waals surface area contributed by atoms with Gasteiger partial charge in [-0.25, -0.2) is 4.98 Å². The summed E-state index contributed by atoms with van der Waals surface area (Å²) in [7, 11) is 1.56. The first-order valence-electron chi connectivity index (χ1n) is 6.35. The van der Waals surface area contributed by atoms with Crippen LogP contribution in [0.5, 0.6) is 5.75 Å². The van der Waals surface area contributed by atoms with Crippen molar-refractivity contribution in [3.63, 3.8) is 0 Å². The molecule has 1 saturated heterocycles. The fourth-order valence-electron chi connectivity index (χ4n) is 2.15. The molecule has 0 aliphatic carbocycles. The molecule has 3 rings (SSSR count). The molecule has 0 radical (unpaired) electrons. The Hall–Kier alpha value is -1.63. The molecule has 1 aromatic heterocycles. The first-order chi connectivity index (χ1) is 10.6. The lowest BCUT2D eigenvalue weighted by molar-refractivity contribution is -0.114. The maximum atomic E-state index is 12.6. The molecule has 112 valence electrons. The topological polar surface area (TPSA) is 63.0 Å². The largest absolute Gasteiger partial charge is 0.496 e. The van der Waals surface area contributed by atoms with Crippen molar-refractivity contribution in [1.29, 1.82) is 5.41 Å². The maximum Gasteiger partial charge on any atom is 0.186 e. The lowest BCUT2D eigenvalue weighted by atomic mass is 10.0. The Balaban J connectivity index is 1.98. The lowest BCUT2D eigenvalue weighted by Crippen LogP contribution is -2.11. The van der Waals surface area contributed by atoms with E-state index < -0.39 is 5.92 Å². The number of nitrogens with one attached hydrogen (secondary N) is 1. The molecule has 1 N–H and O–H groups in total. The smallest absolute Gasteiger partial charge is 0.186 e. The van der Waals surface area contributed by atoms with Gasteiger partial charge in [0, 0.05) is 22.2 Å². The number of thioether (sulfide) groups is 1. The lowest BCUT2D eigenvalue weighted by Gasteiger charge is -2.05. The van der Waals surface area contributed by atoms with E-state index in [0.717, 1.165) is 17.3 Å². The van der Waals surface area contributed by atoms with Crippen LogP contribution >= 0.6 is 34.7 Å². The zero-order valence-electron chi connectivity index (χ0n) is 11.5. The zero-order valence-corrected chi connectivity index (χ0v) is 13.9. The van der Waals surface area contributed by atoms with E-state index in [4.69, 9.17) is 21.7 Å². The highest BCUT2D eigenvalue weighted by Crippen LogP contribution is 2.42.